The first kappa shape index (κ1) is 73.7. The molecule has 83 heavy (non-hydrogen) atoms. The highest BCUT2D eigenvalue weighted by atomic mass is 35.6. The normalized spacial score (nSPS) is 12.5. The van der Waals surface area contributed by atoms with Crippen molar-refractivity contribution in [3.63, 3.8) is 0 Å². The Morgan fingerprint density at radius 1 is 0.446 bits per heavy atom. The Labute approximate surface area is 549 Å². The van der Waals surface area contributed by atoms with E-state index in [4.69, 9.17) is 195 Å². The number of carbonyl (C=O) groups is 1. The number of nitrogens with zero attached hydrogens (tertiary/aromatic N) is 6. The molecule has 4 aromatic carbocycles. The summed E-state index contributed by atoms with van der Waals surface area (Å²) >= 11 is 76.7. The van der Waals surface area contributed by atoms with Crippen molar-refractivity contribution in [3.05, 3.63) is 137 Å². The molecule has 0 saturated carbocycles. The van der Waals surface area contributed by atoms with E-state index < -0.39 is 41.6 Å². The van der Waals surface area contributed by atoms with E-state index in [1.54, 1.807) is 113 Å². The summed E-state index contributed by atoms with van der Waals surface area (Å²) in [5.41, 5.74) is 3.50. The van der Waals surface area contributed by atoms with Gasteiger partial charge in [0.15, 0.2) is 34.9 Å². The maximum absolute atomic E-state index is 12.5. The third-order valence-electron chi connectivity index (χ3n) is 11.5. The molecule has 0 bridgehead atoms. The predicted octanol–water partition coefficient (Wildman–Crippen LogP) is 12.6. The number of rotatable bonds is 22. The number of halogens is 13. The molecule has 454 valence electrons. The summed E-state index contributed by atoms with van der Waals surface area (Å²) in [6.07, 6.45) is 0.621. The lowest BCUT2D eigenvalue weighted by Crippen LogP contribution is -2.54. The average molecular weight is 1460 g/mol. The topological polar surface area (TPSA) is 199 Å². The Bertz CT molecular complexity index is 2890. The van der Waals surface area contributed by atoms with E-state index in [2.05, 4.69) is 35.2 Å². The van der Waals surface area contributed by atoms with Crippen molar-refractivity contribution in [2.24, 2.45) is 0 Å². The maximum atomic E-state index is 12.5. The first-order valence-electron chi connectivity index (χ1n) is 23.6. The van der Waals surface area contributed by atoms with Crippen LogP contribution in [-0.4, -0.2) is 133 Å². The summed E-state index contributed by atoms with van der Waals surface area (Å²) in [5, 5.41) is 4.61. The van der Waals surface area contributed by atoms with Crippen LogP contribution in [0.5, 0.6) is 5.75 Å². The fraction of sp³-hybridized carbons (Fsp3) is 0.367. The van der Waals surface area contributed by atoms with Crippen molar-refractivity contribution in [3.8, 4) is 28.5 Å². The Morgan fingerprint density at radius 3 is 1.10 bits per heavy atom. The van der Waals surface area contributed by atoms with Gasteiger partial charge in [-0.1, -0.05) is 200 Å². The van der Waals surface area contributed by atoms with Crippen molar-refractivity contribution in [2.45, 2.75) is 40.1 Å². The molecule has 1 N–H and O–H groups in total. The van der Waals surface area contributed by atoms with Crippen molar-refractivity contribution in [2.75, 3.05) is 70.5 Å². The van der Waals surface area contributed by atoms with Crippen LogP contribution in [0.1, 0.15) is 51.2 Å². The Balaban J connectivity index is 0.000000287. The minimum Gasteiger partial charge on any atom is -0.489 e. The van der Waals surface area contributed by atoms with Crippen molar-refractivity contribution in [1.82, 2.24) is 35.2 Å². The average Bonchev–Trinajstić information content (AvgIpc) is 3.48. The van der Waals surface area contributed by atoms with E-state index in [1.807, 2.05) is 48.5 Å². The molecule has 0 atom stereocenters. The van der Waals surface area contributed by atoms with E-state index in [9.17, 15) is 4.79 Å². The molecule has 0 saturated heterocycles. The summed E-state index contributed by atoms with van der Waals surface area (Å²) < 4.78 is 46.7. The molecule has 0 aliphatic carbocycles. The number of hydrogen-bond donors (Lipinski definition) is 1. The second-order valence-electron chi connectivity index (χ2n) is 16.5. The Morgan fingerprint density at radius 2 is 0.783 bits per heavy atom. The summed E-state index contributed by atoms with van der Waals surface area (Å²) in [4.78, 5) is 37.0. The zero-order valence-corrected chi connectivity index (χ0v) is 58.2. The molecule has 2 heterocycles. The molecule has 2 aromatic heterocycles. The van der Waals surface area contributed by atoms with Crippen LogP contribution >= 0.6 is 151 Å². The fourth-order valence-electron chi connectivity index (χ4n) is 7.13. The third-order valence-corrected chi connectivity index (χ3v) is 21.9. The highest BCUT2D eigenvalue weighted by Crippen LogP contribution is 2.42. The molecule has 34 heteroatoms. The molecule has 0 unspecified atom stereocenters. The lowest BCUT2D eigenvalue weighted by Gasteiger charge is -2.24. The maximum Gasteiger partial charge on any atom is 0.536 e. The first-order chi connectivity index (χ1) is 39.0. The number of ether oxygens (including phenoxy) is 1. The van der Waals surface area contributed by atoms with Gasteiger partial charge < -0.3 is 49.9 Å². The van der Waals surface area contributed by atoms with Gasteiger partial charge in [-0.15, -0.1) is 11.6 Å². The van der Waals surface area contributed by atoms with E-state index in [1.165, 1.54) is 0 Å². The zero-order chi connectivity index (χ0) is 62.0. The molecule has 0 aliphatic heterocycles. The van der Waals surface area contributed by atoms with Gasteiger partial charge in [-0.2, -0.15) is 0 Å². The van der Waals surface area contributed by atoms with Crippen LogP contribution in [0.15, 0.2) is 97.1 Å². The highest BCUT2D eigenvalue weighted by Gasteiger charge is 2.42. The number of hydrogen-bond acceptors (Lipinski definition) is 17. The van der Waals surface area contributed by atoms with Gasteiger partial charge in [-0.25, -0.2) is 29.9 Å². The van der Waals surface area contributed by atoms with Gasteiger partial charge in [0.2, 0.25) is 15.2 Å². The summed E-state index contributed by atoms with van der Waals surface area (Å²) in [5.74, 6) is 0.394. The molecule has 6 aromatic rings. The van der Waals surface area contributed by atoms with Gasteiger partial charge in [0.25, 0.3) is 5.91 Å². The van der Waals surface area contributed by atoms with E-state index >= 15 is 0 Å². The van der Waals surface area contributed by atoms with Gasteiger partial charge in [-0.3, -0.25) is 4.79 Å². The number of nitrogens with one attached hydrogen (secondary N) is 1. The number of aromatic nitrogens is 6. The number of alkyl halides is 13. The monoisotopic (exact) mass is 1450 g/mol. The molecule has 0 aliphatic rings. The van der Waals surface area contributed by atoms with Crippen LogP contribution in [-0.2, 0) is 67.5 Å². The van der Waals surface area contributed by atoms with Crippen LogP contribution in [0.3, 0.4) is 0 Å². The number of benzene rings is 4. The molecule has 0 radical (unpaired) electrons. The van der Waals surface area contributed by atoms with Crippen molar-refractivity contribution >= 4 is 194 Å². The molecule has 0 spiro atoms. The quantitative estimate of drug-likeness (QED) is 0.0382. The van der Waals surface area contributed by atoms with Gasteiger partial charge in [0.05, 0.1) is 0 Å². The first-order valence-corrected chi connectivity index (χ1v) is 34.1. The SMILES string of the molecule is CO[Si](CCCNC(=O)c1ccc(-c2nc(C(Cl)(Cl)Cl)nc(C(Cl)(Cl)Cl)n2)cc1)(OC)OC.CO[Si](OC)(OC)c1ccc(CCl)cc1.CO[Si](OC)(OC)c1ccc(COc2ccc(-c3nc(C(Cl)(Cl)Cl)nc(C(Cl)(Cl)Cl)n3)cc2)cc1. The van der Waals surface area contributed by atoms with E-state index in [-0.39, 0.29) is 40.9 Å². The zero-order valence-electron chi connectivity index (χ0n) is 45.4. The largest absolute Gasteiger partial charge is 0.536 e. The minimum atomic E-state index is -2.88. The van der Waals surface area contributed by atoms with Gasteiger partial charge in [-0.05, 0) is 53.9 Å². The van der Waals surface area contributed by atoms with E-state index in [0.717, 1.165) is 21.5 Å². The summed E-state index contributed by atoms with van der Waals surface area (Å²) in [7, 11) is 5.86. The summed E-state index contributed by atoms with van der Waals surface area (Å²) in [6.45, 7) is 0.750. The Kier molecular flexibility index (Phi) is 29.4. The second-order valence-corrected chi connectivity index (χ2v) is 34.8. The van der Waals surface area contributed by atoms with E-state index in [0.29, 0.717) is 53.9 Å². The van der Waals surface area contributed by atoms with Gasteiger partial charge in [0.1, 0.15) is 12.4 Å². The lowest BCUT2D eigenvalue weighted by atomic mass is 10.1. The van der Waals surface area contributed by atoms with Crippen LogP contribution < -0.4 is 20.4 Å². The number of amides is 1. The Hall–Kier alpha value is -1.77. The molecule has 1 amide bonds. The minimum absolute atomic E-state index is 0.111. The summed E-state index contributed by atoms with van der Waals surface area (Å²) in [6, 6.07) is 29.3. The smallest absolute Gasteiger partial charge is 0.489 e. The van der Waals surface area contributed by atoms with Crippen LogP contribution in [0, 0.1) is 0 Å². The molecular formula is C49H54Cl13N7O11Si3. The van der Waals surface area contributed by atoms with Crippen LogP contribution in [0.2, 0.25) is 6.04 Å². The molecule has 18 nitrogen and oxygen atoms in total. The van der Waals surface area contributed by atoms with Gasteiger partial charge in [0, 0.05) is 110 Å². The molecular weight excluding hydrogens is 1410 g/mol. The fourth-order valence-corrected chi connectivity index (χ4v) is 13.6. The molecule has 6 rings (SSSR count). The lowest BCUT2D eigenvalue weighted by molar-refractivity contribution is 0.0949. The van der Waals surface area contributed by atoms with Gasteiger partial charge >= 0.3 is 26.4 Å². The van der Waals surface area contributed by atoms with Crippen molar-refractivity contribution < 1.29 is 49.4 Å². The van der Waals surface area contributed by atoms with Crippen LogP contribution in [0.25, 0.3) is 22.8 Å². The van der Waals surface area contributed by atoms with Crippen molar-refractivity contribution in [1.29, 1.82) is 0 Å². The number of carbonyl (C=O) groups excluding carboxylic acids is 1. The third kappa shape index (κ3) is 21.2. The molecule has 0 fully saturated rings. The standard InChI is InChI=1S/C21H19Cl6N3O4Si.C18H20Cl6N4O4Si.C10H15ClO3Si/c1-31-35(32-2,33-3)16-10-4-13(5-11-16)12-34-15-8-6-14(7-9-15)17-28-18(20(22,23)24)30-19(29-17)21(25,26)27;1-30-33(31-2,32-3)10-4-9-25-14(29)12-7-5-11(6-8-12)13-26-15(17(19,20)21)28-16(27-13)18(22,23)24;1-12-15(13-2,14-3)10-6-4-9(8-11)5-7-10/h4-11H,12H2,1-3H3;5-8H,4,9-10H2,1-3H3,(H,25,29);4-7H,8H2,1-3H3. The predicted molar refractivity (Wildman–Crippen MR) is 336 cm³/mol. The highest BCUT2D eigenvalue weighted by molar-refractivity contribution is 6.76. The second kappa shape index (κ2) is 33.2. The van der Waals surface area contributed by atoms with Crippen LogP contribution in [0.4, 0.5) is 0 Å².